The fraction of sp³-hybridized carbons (Fsp3) is 0.594. The van der Waals surface area contributed by atoms with Gasteiger partial charge in [-0.3, -0.25) is 0 Å². The third-order valence-corrected chi connectivity index (χ3v) is 6.76. The third-order valence-electron chi connectivity index (χ3n) is 6.76. The van der Waals surface area contributed by atoms with Crippen molar-refractivity contribution in [1.29, 1.82) is 0 Å². The van der Waals surface area contributed by atoms with Crippen LogP contribution in [-0.4, -0.2) is 45.6 Å². The predicted octanol–water partition coefficient (Wildman–Crippen LogP) is 8.61. The molecule has 0 bridgehead atoms. The maximum absolute atomic E-state index is 12.3. The van der Waals surface area contributed by atoms with Crippen molar-refractivity contribution in [2.45, 2.75) is 78.1 Å². The van der Waals surface area contributed by atoms with Gasteiger partial charge >= 0.3 is 5.97 Å². The first-order chi connectivity index (χ1) is 19.1. The van der Waals surface area contributed by atoms with Crippen LogP contribution in [0.2, 0.25) is 0 Å². The van der Waals surface area contributed by atoms with E-state index in [1.807, 2.05) is 24.3 Å². The van der Waals surface area contributed by atoms with Gasteiger partial charge in [0.25, 0.3) is 0 Å². The summed E-state index contributed by atoms with van der Waals surface area (Å²) in [7, 11) is 0. The van der Waals surface area contributed by atoms with Gasteiger partial charge in [-0.25, -0.2) is 4.79 Å². The molecule has 1 saturated heterocycles. The largest absolute Gasteiger partial charge is 0.494 e. The Kier molecular flexibility index (Phi) is 14.0. The molecule has 7 heteroatoms. The van der Waals surface area contributed by atoms with Crippen LogP contribution < -0.4 is 4.74 Å². The van der Waals surface area contributed by atoms with E-state index in [0.29, 0.717) is 17.9 Å². The molecule has 0 aliphatic carbocycles. The molecule has 0 radical (unpaired) electrons. The van der Waals surface area contributed by atoms with E-state index in [-0.39, 0.29) is 11.4 Å². The molecule has 2 aromatic rings. The normalized spacial score (nSPS) is 14.3. The van der Waals surface area contributed by atoms with Gasteiger partial charge in [-0.1, -0.05) is 52.4 Å². The van der Waals surface area contributed by atoms with E-state index in [9.17, 15) is 4.79 Å². The molecule has 3 rings (SSSR count). The van der Waals surface area contributed by atoms with E-state index in [4.69, 9.17) is 18.9 Å². The second-order valence-corrected chi connectivity index (χ2v) is 10.8. The zero-order valence-electron chi connectivity index (χ0n) is 23.9. The standard InChI is InChI=1S/C32H46N2O5/c1-3-4-5-6-7-11-22-38-30-19-17-29(18-20-30)34-33-28-15-13-27(14-16-28)31(35)39-23-12-9-8-10-21-36-24-32(2)25-37-26-32/h13-20H,3-12,21-26H2,1-2H3. The molecule has 0 aromatic heterocycles. The number of azo groups is 1. The Morgan fingerprint density at radius 1 is 0.769 bits per heavy atom. The molecule has 1 heterocycles. The molecular weight excluding hydrogens is 492 g/mol. The fourth-order valence-electron chi connectivity index (χ4n) is 4.22. The minimum absolute atomic E-state index is 0.212. The van der Waals surface area contributed by atoms with E-state index in [1.165, 1.54) is 32.1 Å². The number of unbranched alkanes of at least 4 members (excludes halogenated alkanes) is 8. The summed E-state index contributed by atoms with van der Waals surface area (Å²) in [6.45, 7) is 8.74. The molecule has 0 amide bonds. The molecule has 0 unspecified atom stereocenters. The number of carbonyl (C=O) groups is 1. The van der Waals surface area contributed by atoms with Gasteiger partial charge < -0.3 is 18.9 Å². The molecule has 7 nitrogen and oxygen atoms in total. The number of esters is 1. The fourth-order valence-corrected chi connectivity index (χ4v) is 4.22. The zero-order chi connectivity index (χ0) is 27.6. The molecule has 0 N–H and O–H groups in total. The van der Waals surface area contributed by atoms with E-state index >= 15 is 0 Å². The maximum Gasteiger partial charge on any atom is 0.338 e. The summed E-state index contributed by atoms with van der Waals surface area (Å²) < 4.78 is 22.2. The second-order valence-electron chi connectivity index (χ2n) is 10.8. The van der Waals surface area contributed by atoms with Gasteiger partial charge in [0.2, 0.25) is 0 Å². The van der Waals surface area contributed by atoms with Crippen LogP contribution in [0.4, 0.5) is 11.4 Å². The van der Waals surface area contributed by atoms with Crippen molar-refractivity contribution in [3.05, 3.63) is 54.1 Å². The Morgan fingerprint density at radius 3 is 1.95 bits per heavy atom. The van der Waals surface area contributed by atoms with Crippen LogP contribution >= 0.6 is 0 Å². The summed E-state index contributed by atoms with van der Waals surface area (Å²) in [6.07, 6.45) is 11.5. The summed E-state index contributed by atoms with van der Waals surface area (Å²) >= 11 is 0. The summed E-state index contributed by atoms with van der Waals surface area (Å²) in [5.41, 5.74) is 2.15. The first-order valence-corrected chi connectivity index (χ1v) is 14.7. The number of hydrogen-bond acceptors (Lipinski definition) is 7. The van der Waals surface area contributed by atoms with Gasteiger partial charge in [-0.15, -0.1) is 0 Å². The van der Waals surface area contributed by atoms with Crippen molar-refractivity contribution < 1.29 is 23.7 Å². The Hall–Kier alpha value is -2.77. The van der Waals surface area contributed by atoms with Crippen LogP contribution in [0.25, 0.3) is 0 Å². The highest BCUT2D eigenvalue weighted by Crippen LogP contribution is 2.26. The lowest BCUT2D eigenvalue weighted by Crippen LogP contribution is -2.43. The number of ether oxygens (including phenoxy) is 4. The van der Waals surface area contributed by atoms with E-state index in [0.717, 1.165) is 76.6 Å². The lowest BCUT2D eigenvalue weighted by Gasteiger charge is -2.37. The second kappa shape index (κ2) is 17.7. The van der Waals surface area contributed by atoms with E-state index < -0.39 is 0 Å². The van der Waals surface area contributed by atoms with Crippen molar-refractivity contribution in [1.82, 2.24) is 0 Å². The number of nitrogens with zero attached hydrogens (tertiary/aromatic N) is 2. The van der Waals surface area contributed by atoms with Crippen LogP contribution in [0.1, 0.15) is 88.4 Å². The van der Waals surface area contributed by atoms with Gasteiger partial charge in [-0.2, -0.15) is 10.2 Å². The molecule has 0 spiro atoms. The first kappa shape index (κ1) is 30.8. The van der Waals surface area contributed by atoms with Crippen molar-refractivity contribution >= 4 is 17.3 Å². The maximum atomic E-state index is 12.3. The van der Waals surface area contributed by atoms with Gasteiger partial charge in [0.05, 0.1) is 50.0 Å². The molecule has 39 heavy (non-hydrogen) atoms. The lowest BCUT2D eigenvalue weighted by molar-refractivity contribution is -0.137. The highest BCUT2D eigenvalue weighted by Gasteiger charge is 2.33. The molecule has 0 saturated carbocycles. The number of hydrogen-bond donors (Lipinski definition) is 0. The average molecular weight is 539 g/mol. The SMILES string of the molecule is CCCCCCCCOc1ccc(N=Nc2ccc(C(=O)OCCCCCCOCC3(C)COC3)cc2)cc1. The van der Waals surface area contributed by atoms with Crippen molar-refractivity contribution in [2.75, 3.05) is 39.6 Å². The summed E-state index contributed by atoms with van der Waals surface area (Å²) in [4.78, 5) is 12.3. The topological polar surface area (TPSA) is 78.7 Å². The molecule has 1 fully saturated rings. The smallest absolute Gasteiger partial charge is 0.338 e. The van der Waals surface area contributed by atoms with Gasteiger partial charge in [-0.05, 0) is 74.2 Å². The van der Waals surface area contributed by atoms with Crippen LogP contribution in [-0.2, 0) is 14.2 Å². The lowest BCUT2D eigenvalue weighted by atomic mass is 9.90. The van der Waals surface area contributed by atoms with Crippen LogP contribution in [0.15, 0.2) is 58.8 Å². The average Bonchev–Trinajstić information content (AvgIpc) is 2.94. The molecule has 1 aliphatic heterocycles. The van der Waals surface area contributed by atoms with Gasteiger partial charge in [0.1, 0.15) is 5.75 Å². The summed E-state index contributed by atoms with van der Waals surface area (Å²) in [6, 6.07) is 14.6. The molecule has 214 valence electrons. The van der Waals surface area contributed by atoms with Crippen LogP contribution in [0.5, 0.6) is 5.75 Å². The number of carbonyl (C=O) groups excluding carboxylic acids is 1. The van der Waals surface area contributed by atoms with Crippen LogP contribution in [0.3, 0.4) is 0 Å². The molecule has 2 aromatic carbocycles. The Labute approximate surface area is 234 Å². The quantitative estimate of drug-likeness (QED) is 0.0958. The highest BCUT2D eigenvalue weighted by atomic mass is 16.5. The Bertz CT molecular complexity index is 971. The molecule has 0 atom stereocenters. The minimum Gasteiger partial charge on any atom is -0.494 e. The number of rotatable bonds is 20. The zero-order valence-corrected chi connectivity index (χ0v) is 23.9. The molecular formula is C32H46N2O5. The molecule has 1 aliphatic rings. The summed E-state index contributed by atoms with van der Waals surface area (Å²) in [5.74, 6) is 0.540. The monoisotopic (exact) mass is 538 g/mol. The van der Waals surface area contributed by atoms with Gasteiger partial charge in [0, 0.05) is 12.0 Å². The van der Waals surface area contributed by atoms with Crippen molar-refractivity contribution in [3.63, 3.8) is 0 Å². The minimum atomic E-state index is -0.311. The highest BCUT2D eigenvalue weighted by molar-refractivity contribution is 5.89. The first-order valence-electron chi connectivity index (χ1n) is 14.7. The Balaban J connectivity index is 1.25. The predicted molar refractivity (Wildman–Crippen MR) is 154 cm³/mol. The summed E-state index contributed by atoms with van der Waals surface area (Å²) in [5, 5.41) is 8.56. The van der Waals surface area contributed by atoms with E-state index in [1.54, 1.807) is 24.3 Å². The third kappa shape index (κ3) is 12.3. The van der Waals surface area contributed by atoms with E-state index in [2.05, 4.69) is 24.1 Å². The van der Waals surface area contributed by atoms with Gasteiger partial charge in [0.15, 0.2) is 0 Å². The number of benzene rings is 2. The Morgan fingerprint density at radius 2 is 1.33 bits per heavy atom. The van der Waals surface area contributed by atoms with Crippen molar-refractivity contribution in [2.24, 2.45) is 15.6 Å². The van der Waals surface area contributed by atoms with Crippen LogP contribution in [0, 0.1) is 5.41 Å². The van der Waals surface area contributed by atoms with Crippen molar-refractivity contribution in [3.8, 4) is 5.75 Å².